The van der Waals surface area contributed by atoms with E-state index in [-0.39, 0.29) is 12.4 Å². The minimum atomic E-state index is -3.16. The Morgan fingerprint density at radius 3 is 2.04 bits per heavy atom. The van der Waals surface area contributed by atoms with Crippen molar-refractivity contribution in [1.82, 2.24) is 9.21 Å². The molecule has 1 unspecified atom stereocenters. The second-order valence-corrected chi connectivity index (χ2v) is 11.7. The number of halogens is 1. The summed E-state index contributed by atoms with van der Waals surface area (Å²) < 4.78 is 48.0. The number of hydrogen-bond donors (Lipinski definition) is 0. The SMILES string of the molecule is CCN(CC1CCN(S(C)(=O)=O)CC1)C(C)Cc1ccc(S(C)(=O)=O)cc1.Cl. The molecule has 1 aliphatic heterocycles. The van der Waals surface area contributed by atoms with Crippen LogP contribution in [0.1, 0.15) is 32.3 Å². The second kappa shape index (κ2) is 10.4. The predicted molar refractivity (Wildman–Crippen MR) is 116 cm³/mol. The first-order valence-electron chi connectivity index (χ1n) is 9.49. The number of nitrogens with zero attached hydrogens (tertiary/aromatic N) is 2. The van der Waals surface area contributed by atoms with E-state index < -0.39 is 19.9 Å². The molecular formula is C19H33ClN2O4S2. The van der Waals surface area contributed by atoms with Crippen molar-refractivity contribution in [3.63, 3.8) is 0 Å². The van der Waals surface area contributed by atoms with Gasteiger partial charge in [0.2, 0.25) is 10.0 Å². The van der Waals surface area contributed by atoms with E-state index in [9.17, 15) is 16.8 Å². The maximum Gasteiger partial charge on any atom is 0.211 e. The molecule has 1 aromatic rings. The van der Waals surface area contributed by atoms with Crippen LogP contribution in [-0.2, 0) is 26.3 Å². The van der Waals surface area contributed by atoms with E-state index in [1.807, 2.05) is 12.1 Å². The van der Waals surface area contributed by atoms with Crippen molar-refractivity contribution in [3.05, 3.63) is 29.8 Å². The number of benzene rings is 1. The summed E-state index contributed by atoms with van der Waals surface area (Å²) >= 11 is 0. The van der Waals surface area contributed by atoms with Gasteiger partial charge in [-0.15, -0.1) is 12.4 Å². The molecular weight excluding hydrogens is 420 g/mol. The van der Waals surface area contributed by atoms with Gasteiger partial charge in [0.25, 0.3) is 0 Å². The van der Waals surface area contributed by atoms with Crippen molar-refractivity contribution in [3.8, 4) is 0 Å². The summed E-state index contributed by atoms with van der Waals surface area (Å²) in [5.41, 5.74) is 1.13. The Kier molecular flexibility index (Phi) is 9.41. The van der Waals surface area contributed by atoms with Gasteiger partial charge in [-0.1, -0.05) is 19.1 Å². The second-order valence-electron chi connectivity index (χ2n) is 7.66. The van der Waals surface area contributed by atoms with Crippen LogP contribution in [0.2, 0.25) is 0 Å². The van der Waals surface area contributed by atoms with Crippen molar-refractivity contribution in [2.75, 3.05) is 38.7 Å². The highest BCUT2D eigenvalue weighted by atomic mass is 35.5. The molecule has 1 atom stereocenters. The lowest BCUT2D eigenvalue weighted by atomic mass is 9.96. The van der Waals surface area contributed by atoms with Gasteiger partial charge in [0.15, 0.2) is 9.84 Å². The number of hydrogen-bond acceptors (Lipinski definition) is 5. The average molecular weight is 453 g/mol. The van der Waals surface area contributed by atoms with Gasteiger partial charge in [-0.2, -0.15) is 0 Å². The molecule has 0 aromatic heterocycles. The number of sulfonamides is 1. The molecule has 0 N–H and O–H groups in total. The van der Waals surface area contributed by atoms with Crippen LogP contribution in [0, 0.1) is 5.92 Å². The topological polar surface area (TPSA) is 74.8 Å². The molecule has 1 heterocycles. The Morgan fingerprint density at radius 2 is 1.61 bits per heavy atom. The molecule has 162 valence electrons. The lowest BCUT2D eigenvalue weighted by molar-refractivity contribution is 0.152. The first-order valence-corrected chi connectivity index (χ1v) is 13.2. The van der Waals surface area contributed by atoms with Gasteiger partial charge in [0, 0.05) is 31.9 Å². The van der Waals surface area contributed by atoms with Gasteiger partial charge >= 0.3 is 0 Å². The third kappa shape index (κ3) is 7.30. The van der Waals surface area contributed by atoms with E-state index in [1.165, 1.54) is 12.5 Å². The highest BCUT2D eigenvalue weighted by Crippen LogP contribution is 2.22. The average Bonchev–Trinajstić information content (AvgIpc) is 2.59. The molecule has 28 heavy (non-hydrogen) atoms. The molecule has 1 saturated heterocycles. The lowest BCUT2D eigenvalue weighted by Crippen LogP contribution is -2.43. The summed E-state index contributed by atoms with van der Waals surface area (Å²) in [5, 5.41) is 0. The highest BCUT2D eigenvalue weighted by Gasteiger charge is 2.27. The number of rotatable bonds is 8. The van der Waals surface area contributed by atoms with Crippen LogP contribution < -0.4 is 0 Å². The Labute approximate surface area is 176 Å². The molecule has 0 aliphatic carbocycles. The fraction of sp³-hybridized carbons (Fsp3) is 0.684. The van der Waals surface area contributed by atoms with Crippen LogP contribution in [0.4, 0.5) is 0 Å². The van der Waals surface area contributed by atoms with Crippen LogP contribution in [0.3, 0.4) is 0 Å². The van der Waals surface area contributed by atoms with Crippen molar-refractivity contribution in [2.45, 2.75) is 44.0 Å². The molecule has 1 fully saturated rings. The Morgan fingerprint density at radius 1 is 1.07 bits per heavy atom. The molecule has 9 heteroatoms. The third-order valence-corrected chi connectivity index (χ3v) is 7.88. The maximum atomic E-state index is 11.6. The molecule has 0 radical (unpaired) electrons. The molecule has 2 rings (SSSR count). The normalized spacial score (nSPS) is 18.0. The molecule has 6 nitrogen and oxygen atoms in total. The molecule has 1 aromatic carbocycles. The monoisotopic (exact) mass is 452 g/mol. The van der Waals surface area contributed by atoms with Gasteiger partial charge in [0.1, 0.15) is 0 Å². The van der Waals surface area contributed by atoms with Crippen molar-refractivity contribution < 1.29 is 16.8 Å². The van der Waals surface area contributed by atoms with E-state index in [2.05, 4.69) is 18.7 Å². The van der Waals surface area contributed by atoms with Gasteiger partial charge in [-0.3, -0.25) is 0 Å². The summed E-state index contributed by atoms with van der Waals surface area (Å²) in [6.45, 7) is 7.48. The molecule has 0 spiro atoms. The summed E-state index contributed by atoms with van der Waals surface area (Å²) in [4.78, 5) is 2.79. The van der Waals surface area contributed by atoms with E-state index in [1.54, 1.807) is 16.4 Å². The quantitative estimate of drug-likeness (QED) is 0.605. The minimum absolute atomic E-state index is 0. The van der Waals surface area contributed by atoms with E-state index in [0.717, 1.165) is 37.9 Å². The number of likely N-dealkylation sites (N-methyl/N-ethyl adjacent to an activating group) is 1. The Balaban J connectivity index is 0.00000392. The van der Waals surface area contributed by atoms with Gasteiger partial charge < -0.3 is 4.90 Å². The first kappa shape index (κ1) is 25.4. The smallest absolute Gasteiger partial charge is 0.211 e. The van der Waals surface area contributed by atoms with Crippen LogP contribution in [0.25, 0.3) is 0 Å². The standard InChI is InChI=1S/C19H32N2O4S2.ClH/c1-5-20(15-18-10-12-21(13-11-18)27(4,24)25)16(2)14-17-6-8-19(9-7-17)26(3,22)23;/h6-9,16,18H,5,10-15H2,1-4H3;1H. The minimum Gasteiger partial charge on any atom is -0.300 e. The van der Waals surface area contributed by atoms with E-state index in [4.69, 9.17) is 0 Å². The van der Waals surface area contributed by atoms with Crippen molar-refractivity contribution >= 4 is 32.3 Å². The van der Waals surface area contributed by atoms with Crippen molar-refractivity contribution in [1.29, 1.82) is 0 Å². The zero-order valence-corrected chi connectivity index (χ0v) is 19.6. The van der Waals surface area contributed by atoms with E-state index >= 15 is 0 Å². The van der Waals surface area contributed by atoms with Crippen LogP contribution in [0.15, 0.2) is 29.2 Å². The summed E-state index contributed by atoms with van der Waals surface area (Å²) in [7, 11) is -6.24. The third-order valence-electron chi connectivity index (χ3n) is 5.45. The number of sulfone groups is 1. The Hall–Kier alpha value is -0.670. The fourth-order valence-corrected chi connectivity index (χ4v) is 5.22. The van der Waals surface area contributed by atoms with Gasteiger partial charge in [-0.05, 0) is 56.3 Å². The first-order chi connectivity index (χ1) is 12.5. The van der Waals surface area contributed by atoms with Gasteiger partial charge in [-0.25, -0.2) is 21.1 Å². The van der Waals surface area contributed by atoms with E-state index in [0.29, 0.717) is 29.9 Å². The summed E-state index contributed by atoms with van der Waals surface area (Å²) in [6.07, 6.45) is 5.17. The van der Waals surface area contributed by atoms with Crippen LogP contribution >= 0.6 is 12.4 Å². The van der Waals surface area contributed by atoms with Gasteiger partial charge in [0.05, 0.1) is 11.2 Å². The Bertz CT molecular complexity index is 818. The summed E-state index contributed by atoms with van der Waals surface area (Å²) in [5.74, 6) is 0.512. The fourth-order valence-electron chi connectivity index (χ4n) is 3.72. The zero-order valence-electron chi connectivity index (χ0n) is 17.2. The highest BCUT2D eigenvalue weighted by molar-refractivity contribution is 7.90. The zero-order chi connectivity index (χ0) is 20.2. The lowest BCUT2D eigenvalue weighted by Gasteiger charge is -2.36. The number of piperidine rings is 1. The van der Waals surface area contributed by atoms with Crippen LogP contribution in [0.5, 0.6) is 0 Å². The largest absolute Gasteiger partial charge is 0.300 e. The molecule has 0 saturated carbocycles. The van der Waals surface area contributed by atoms with Crippen molar-refractivity contribution in [2.24, 2.45) is 5.92 Å². The van der Waals surface area contributed by atoms with Crippen LogP contribution in [-0.4, -0.2) is 70.8 Å². The predicted octanol–water partition coefficient (Wildman–Crippen LogP) is 2.44. The molecule has 1 aliphatic rings. The maximum absolute atomic E-state index is 11.6. The molecule has 0 bridgehead atoms. The molecule has 0 amide bonds. The summed E-state index contributed by atoms with van der Waals surface area (Å²) in [6, 6.07) is 7.48.